The van der Waals surface area contributed by atoms with Crippen LogP contribution in [0.2, 0.25) is 0 Å². The molecule has 0 atom stereocenters. The first-order valence-corrected chi connectivity index (χ1v) is 11.4. The van der Waals surface area contributed by atoms with Crippen LogP contribution >= 0.6 is 0 Å². The number of piperidine rings is 2. The normalized spacial score (nSPS) is 27.9. The van der Waals surface area contributed by atoms with E-state index in [0.717, 1.165) is 58.2 Å². The molecule has 2 heterocycles. The highest BCUT2D eigenvalue weighted by molar-refractivity contribution is 4.97. The number of ether oxygens (including phenoxy) is 2. The van der Waals surface area contributed by atoms with Crippen LogP contribution in [-0.2, 0) is 19.9 Å². The Morgan fingerprint density at radius 3 is 1.14 bits per heavy atom. The van der Waals surface area contributed by atoms with Crippen molar-refractivity contribution in [3.8, 4) is 0 Å². The Kier molecular flexibility index (Phi) is 7.85. The van der Waals surface area contributed by atoms with Gasteiger partial charge in [0.25, 0.3) is 0 Å². The summed E-state index contributed by atoms with van der Waals surface area (Å²) in [7, 11) is 0. The lowest BCUT2D eigenvalue weighted by Crippen LogP contribution is -2.59. The maximum absolute atomic E-state index is 12.4. The average molecular weight is 413 g/mol. The first kappa shape index (κ1) is 25.0. The van der Waals surface area contributed by atoms with E-state index in [1.807, 2.05) is 55.4 Å². The van der Waals surface area contributed by atoms with E-state index in [0.29, 0.717) is 0 Å². The first-order valence-electron chi connectivity index (χ1n) is 11.4. The molecule has 170 valence electrons. The lowest BCUT2D eigenvalue weighted by molar-refractivity contribution is -0.301. The molecule has 6 heteroatoms. The minimum absolute atomic E-state index is 0.156. The predicted octanol–water partition coefficient (Wildman–Crippen LogP) is 4.92. The Hall–Kier alpha value is -0.240. The maximum Gasteiger partial charge on any atom is 0.0611 e. The molecule has 29 heavy (non-hydrogen) atoms. The van der Waals surface area contributed by atoms with Crippen LogP contribution in [0.25, 0.3) is 0 Å². The molecule has 2 fully saturated rings. The summed E-state index contributed by atoms with van der Waals surface area (Å²) in [6.45, 7) is 17.5. The molecule has 2 radical (unpaired) electrons. The Balaban J connectivity index is 1.62. The van der Waals surface area contributed by atoms with Gasteiger partial charge in [-0.1, -0.05) is 0 Å². The largest absolute Gasteiger partial charge is 0.378 e. The molecule has 0 bridgehead atoms. The number of rotatable bonds is 8. The van der Waals surface area contributed by atoms with Gasteiger partial charge in [0.1, 0.15) is 0 Å². The highest BCUT2D eigenvalue weighted by Crippen LogP contribution is 2.39. The summed E-state index contributed by atoms with van der Waals surface area (Å²) in [6.07, 6.45) is 6.54. The van der Waals surface area contributed by atoms with Crippen LogP contribution < -0.4 is 0 Å². The average Bonchev–Trinajstić information content (AvgIpc) is 2.55. The second kappa shape index (κ2) is 9.09. The summed E-state index contributed by atoms with van der Waals surface area (Å²) in [5.41, 5.74) is -1.49. The van der Waals surface area contributed by atoms with Gasteiger partial charge in [0.05, 0.1) is 12.2 Å². The molecule has 0 aliphatic carbocycles. The van der Waals surface area contributed by atoms with E-state index in [1.165, 1.54) is 10.1 Å². The number of nitrogens with zero attached hydrogens (tertiary/aromatic N) is 2. The van der Waals surface area contributed by atoms with E-state index < -0.39 is 0 Å². The van der Waals surface area contributed by atoms with Gasteiger partial charge in [-0.3, -0.25) is 0 Å². The van der Waals surface area contributed by atoms with E-state index in [2.05, 4.69) is 0 Å². The van der Waals surface area contributed by atoms with Crippen molar-refractivity contribution in [2.45, 2.75) is 135 Å². The van der Waals surface area contributed by atoms with Gasteiger partial charge in [0.15, 0.2) is 0 Å². The summed E-state index contributed by atoms with van der Waals surface area (Å²) in [5, 5.41) is 27.3. The molecule has 0 amide bonds. The highest BCUT2D eigenvalue weighted by atomic mass is 16.5. The van der Waals surface area contributed by atoms with Crippen molar-refractivity contribution in [1.29, 1.82) is 0 Å². The van der Waals surface area contributed by atoms with Gasteiger partial charge in [-0.25, -0.2) is 0 Å². The monoisotopic (exact) mass is 412 g/mol. The number of hydrogen-bond donors (Lipinski definition) is 0. The molecule has 0 aromatic carbocycles. The summed E-state index contributed by atoms with van der Waals surface area (Å²) in [6, 6.07) is 0. The minimum atomic E-state index is -0.374. The molecule has 2 rings (SSSR count). The van der Waals surface area contributed by atoms with Gasteiger partial charge in [-0.2, -0.15) is 0 Å². The highest BCUT2D eigenvalue weighted by Gasteiger charge is 2.47. The minimum Gasteiger partial charge on any atom is -0.378 e. The van der Waals surface area contributed by atoms with Crippen LogP contribution in [0.4, 0.5) is 0 Å². The first-order chi connectivity index (χ1) is 13.2. The van der Waals surface area contributed by atoms with Gasteiger partial charge < -0.3 is 9.47 Å². The zero-order chi connectivity index (χ0) is 22.1. The fourth-order valence-electron chi connectivity index (χ4n) is 5.46. The van der Waals surface area contributed by atoms with Gasteiger partial charge in [-0.05, 0) is 100 Å². The van der Waals surface area contributed by atoms with Crippen molar-refractivity contribution >= 4 is 0 Å². The summed E-state index contributed by atoms with van der Waals surface area (Å²) < 4.78 is 12.2. The van der Waals surface area contributed by atoms with Crippen molar-refractivity contribution in [2.24, 2.45) is 0 Å². The van der Waals surface area contributed by atoms with Crippen molar-refractivity contribution < 1.29 is 19.9 Å². The zero-order valence-electron chi connectivity index (χ0n) is 20.0. The molecule has 0 N–H and O–H groups in total. The van der Waals surface area contributed by atoms with Crippen LogP contribution in [0.1, 0.15) is 100 Å². The third kappa shape index (κ3) is 6.37. The van der Waals surface area contributed by atoms with Crippen LogP contribution in [0.3, 0.4) is 0 Å². The zero-order valence-corrected chi connectivity index (χ0v) is 20.0. The number of hydrogen-bond acceptors (Lipinski definition) is 4. The second-order valence-electron chi connectivity index (χ2n) is 11.7. The summed E-state index contributed by atoms with van der Waals surface area (Å²) in [5.74, 6) is 0. The Morgan fingerprint density at radius 2 is 0.862 bits per heavy atom. The van der Waals surface area contributed by atoms with Crippen LogP contribution in [0, 0.1) is 0 Å². The number of unbranched alkanes of at least 4 members (excludes halogenated alkanes) is 2. The molecular formula is C23H44N2O4. The molecular weight excluding hydrogens is 368 g/mol. The van der Waals surface area contributed by atoms with E-state index in [4.69, 9.17) is 9.47 Å². The molecule has 0 aromatic heterocycles. The van der Waals surface area contributed by atoms with E-state index >= 15 is 0 Å². The standard InChI is InChI=1S/C23H44N2O4/c1-20(2)14-18(15-21(3,4)24(20)26)28-12-10-9-11-13-29-19-16-22(5,6)25(27)23(7,8)17-19/h18-19H,9-17H2,1-8H3. The molecule has 0 aromatic rings. The fraction of sp³-hybridized carbons (Fsp3) is 1.00. The lowest BCUT2D eigenvalue weighted by atomic mass is 9.80. The summed E-state index contributed by atoms with van der Waals surface area (Å²) in [4.78, 5) is 0. The SMILES string of the molecule is CC1(C)CC(OCCCCCOC2CC(C)(C)N([O])C(C)(C)C2)CC(C)(C)N1[O]. The van der Waals surface area contributed by atoms with Gasteiger partial charge in [-0.15, -0.1) is 20.5 Å². The van der Waals surface area contributed by atoms with E-state index in [9.17, 15) is 10.4 Å². The quantitative estimate of drug-likeness (QED) is 0.531. The van der Waals surface area contributed by atoms with Crippen molar-refractivity contribution in [1.82, 2.24) is 10.1 Å². The predicted molar refractivity (Wildman–Crippen MR) is 113 cm³/mol. The van der Waals surface area contributed by atoms with Crippen molar-refractivity contribution in [2.75, 3.05) is 13.2 Å². The summed E-state index contributed by atoms with van der Waals surface area (Å²) >= 11 is 0. The van der Waals surface area contributed by atoms with Crippen LogP contribution in [0.5, 0.6) is 0 Å². The molecule has 2 aliphatic rings. The third-order valence-corrected chi connectivity index (χ3v) is 6.60. The molecule has 0 saturated carbocycles. The molecule has 0 spiro atoms. The van der Waals surface area contributed by atoms with E-state index in [-0.39, 0.29) is 34.4 Å². The second-order valence-corrected chi connectivity index (χ2v) is 11.7. The van der Waals surface area contributed by atoms with Gasteiger partial charge >= 0.3 is 0 Å². The molecule has 2 aliphatic heterocycles. The van der Waals surface area contributed by atoms with Crippen LogP contribution in [0.15, 0.2) is 0 Å². The molecule has 6 nitrogen and oxygen atoms in total. The van der Waals surface area contributed by atoms with Crippen molar-refractivity contribution in [3.05, 3.63) is 0 Å². The Labute approximate surface area is 178 Å². The van der Waals surface area contributed by atoms with Crippen LogP contribution in [-0.4, -0.2) is 57.7 Å². The Bertz CT molecular complexity index is 451. The van der Waals surface area contributed by atoms with E-state index in [1.54, 1.807) is 0 Å². The fourth-order valence-corrected chi connectivity index (χ4v) is 5.46. The third-order valence-electron chi connectivity index (χ3n) is 6.60. The van der Waals surface area contributed by atoms with Crippen molar-refractivity contribution in [3.63, 3.8) is 0 Å². The number of hydroxylamine groups is 4. The van der Waals surface area contributed by atoms with Gasteiger partial charge in [0.2, 0.25) is 0 Å². The maximum atomic E-state index is 12.4. The Morgan fingerprint density at radius 1 is 0.586 bits per heavy atom. The van der Waals surface area contributed by atoms with Gasteiger partial charge in [0, 0.05) is 35.4 Å². The lowest BCUT2D eigenvalue weighted by Gasteiger charge is -2.49. The smallest absolute Gasteiger partial charge is 0.0611 e. The molecule has 2 saturated heterocycles. The topological polar surface area (TPSA) is 64.7 Å². The molecule has 0 unspecified atom stereocenters.